The molecule has 0 aliphatic carbocycles. The van der Waals surface area contributed by atoms with Crippen LogP contribution in [-0.4, -0.2) is 71.9 Å². The maximum atomic E-state index is 12.2. The SMILES string of the molecule is CCN1CCN(CC(=O)N(C)Cc2cccnc2)CC1. The molecule has 0 atom stereocenters. The van der Waals surface area contributed by atoms with Crippen LogP contribution in [-0.2, 0) is 11.3 Å². The summed E-state index contributed by atoms with van der Waals surface area (Å²) in [5.41, 5.74) is 1.07. The van der Waals surface area contributed by atoms with Crippen molar-refractivity contribution < 1.29 is 4.79 Å². The van der Waals surface area contributed by atoms with Crippen molar-refractivity contribution in [1.29, 1.82) is 0 Å². The molecule has 1 amide bonds. The molecule has 0 aromatic carbocycles. The number of pyridine rings is 1. The Morgan fingerprint density at radius 2 is 2.00 bits per heavy atom. The highest BCUT2D eigenvalue weighted by Gasteiger charge is 2.19. The predicted molar refractivity (Wildman–Crippen MR) is 79.3 cm³/mol. The quantitative estimate of drug-likeness (QED) is 0.793. The van der Waals surface area contributed by atoms with E-state index in [1.807, 2.05) is 25.4 Å². The van der Waals surface area contributed by atoms with E-state index in [4.69, 9.17) is 0 Å². The van der Waals surface area contributed by atoms with E-state index in [0.29, 0.717) is 13.1 Å². The van der Waals surface area contributed by atoms with Gasteiger partial charge < -0.3 is 9.80 Å². The Balaban J connectivity index is 1.77. The third kappa shape index (κ3) is 4.28. The van der Waals surface area contributed by atoms with Crippen LogP contribution < -0.4 is 0 Å². The first kappa shape index (κ1) is 14.9. The molecule has 110 valence electrons. The van der Waals surface area contributed by atoms with E-state index in [2.05, 4.69) is 21.7 Å². The Kier molecular flexibility index (Phi) is 5.49. The fraction of sp³-hybridized carbons (Fsp3) is 0.600. The number of aromatic nitrogens is 1. The van der Waals surface area contributed by atoms with Gasteiger partial charge in [-0.1, -0.05) is 13.0 Å². The Morgan fingerprint density at radius 1 is 1.30 bits per heavy atom. The van der Waals surface area contributed by atoms with Crippen molar-refractivity contribution in [3.8, 4) is 0 Å². The highest BCUT2D eigenvalue weighted by atomic mass is 16.2. The molecule has 1 fully saturated rings. The van der Waals surface area contributed by atoms with Gasteiger partial charge in [0.05, 0.1) is 6.54 Å². The summed E-state index contributed by atoms with van der Waals surface area (Å²) in [6, 6.07) is 3.90. The lowest BCUT2D eigenvalue weighted by atomic mass is 10.2. The zero-order chi connectivity index (χ0) is 14.4. The van der Waals surface area contributed by atoms with Gasteiger partial charge in [-0.15, -0.1) is 0 Å². The predicted octanol–water partition coefficient (Wildman–Crippen LogP) is 0.677. The molecule has 5 nitrogen and oxygen atoms in total. The van der Waals surface area contributed by atoms with Crippen molar-refractivity contribution in [2.24, 2.45) is 0 Å². The lowest BCUT2D eigenvalue weighted by Crippen LogP contribution is -2.49. The van der Waals surface area contributed by atoms with E-state index < -0.39 is 0 Å². The van der Waals surface area contributed by atoms with Crippen molar-refractivity contribution in [3.05, 3.63) is 30.1 Å². The molecule has 1 saturated heterocycles. The summed E-state index contributed by atoms with van der Waals surface area (Å²) in [5, 5.41) is 0. The molecule has 0 unspecified atom stereocenters. The summed E-state index contributed by atoms with van der Waals surface area (Å²) in [6.07, 6.45) is 3.56. The number of hydrogen-bond donors (Lipinski definition) is 0. The van der Waals surface area contributed by atoms with Crippen LogP contribution in [0.2, 0.25) is 0 Å². The first-order valence-electron chi connectivity index (χ1n) is 7.26. The molecular weight excluding hydrogens is 252 g/mol. The largest absolute Gasteiger partial charge is 0.340 e. The molecule has 2 rings (SSSR count). The summed E-state index contributed by atoms with van der Waals surface area (Å²) in [7, 11) is 1.86. The minimum atomic E-state index is 0.179. The molecule has 2 heterocycles. The van der Waals surface area contributed by atoms with Crippen LogP contribution in [0.3, 0.4) is 0 Å². The summed E-state index contributed by atoms with van der Waals surface area (Å²) in [5.74, 6) is 0.179. The van der Waals surface area contributed by atoms with Crippen molar-refractivity contribution in [3.63, 3.8) is 0 Å². The lowest BCUT2D eigenvalue weighted by Gasteiger charge is -2.34. The Morgan fingerprint density at radius 3 is 2.60 bits per heavy atom. The number of carbonyl (C=O) groups excluding carboxylic acids is 1. The van der Waals surface area contributed by atoms with Gasteiger partial charge in [0.15, 0.2) is 0 Å². The number of likely N-dealkylation sites (N-methyl/N-ethyl adjacent to an activating group) is 2. The third-order valence-electron chi connectivity index (χ3n) is 3.84. The van der Waals surface area contributed by atoms with Crippen LogP contribution in [0, 0.1) is 0 Å². The van der Waals surface area contributed by atoms with Gasteiger partial charge in [0.2, 0.25) is 5.91 Å². The fourth-order valence-electron chi connectivity index (χ4n) is 2.43. The van der Waals surface area contributed by atoms with Crippen molar-refractivity contribution >= 4 is 5.91 Å². The summed E-state index contributed by atoms with van der Waals surface area (Å²) >= 11 is 0. The minimum Gasteiger partial charge on any atom is -0.340 e. The van der Waals surface area contributed by atoms with Gasteiger partial charge in [0, 0.05) is 52.2 Å². The van der Waals surface area contributed by atoms with Crippen molar-refractivity contribution in [2.75, 3.05) is 46.3 Å². The molecule has 1 aromatic rings. The van der Waals surface area contributed by atoms with Crippen LogP contribution in [0.15, 0.2) is 24.5 Å². The number of amides is 1. The zero-order valence-electron chi connectivity index (χ0n) is 12.5. The topological polar surface area (TPSA) is 39.7 Å². The molecular formula is C15H24N4O. The maximum absolute atomic E-state index is 12.2. The second-order valence-electron chi connectivity index (χ2n) is 5.32. The number of rotatable bonds is 5. The van der Waals surface area contributed by atoms with Crippen LogP contribution in [0.5, 0.6) is 0 Å². The first-order valence-corrected chi connectivity index (χ1v) is 7.26. The summed E-state index contributed by atoms with van der Waals surface area (Å²) < 4.78 is 0. The number of carbonyl (C=O) groups is 1. The van der Waals surface area contributed by atoms with Crippen LogP contribution in [0.4, 0.5) is 0 Å². The molecule has 20 heavy (non-hydrogen) atoms. The fourth-order valence-corrected chi connectivity index (χ4v) is 2.43. The van der Waals surface area contributed by atoms with Crippen LogP contribution >= 0.6 is 0 Å². The number of piperazine rings is 1. The molecule has 0 N–H and O–H groups in total. The molecule has 0 spiro atoms. The Labute approximate surface area is 121 Å². The smallest absolute Gasteiger partial charge is 0.236 e. The zero-order valence-corrected chi connectivity index (χ0v) is 12.5. The van der Waals surface area contributed by atoms with Gasteiger partial charge in [-0.3, -0.25) is 14.7 Å². The molecule has 0 radical (unpaired) electrons. The van der Waals surface area contributed by atoms with Gasteiger partial charge in [-0.2, -0.15) is 0 Å². The second-order valence-corrected chi connectivity index (χ2v) is 5.32. The summed E-state index contributed by atoms with van der Waals surface area (Å²) in [6.45, 7) is 8.54. The van der Waals surface area contributed by atoms with Crippen molar-refractivity contribution in [2.45, 2.75) is 13.5 Å². The van der Waals surface area contributed by atoms with Crippen LogP contribution in [0.25, 0.3) is 0 Å². The van der Waals surface area contributed by atoms with Gasteiger partial charge in [0.1, 0.15) is 0 Å². The average molecular weight is 276 g/mol. The van der Waals surface area contributed by atoms with Gasteiger partial charge >= 0.3 is 0 Å². The van der Waals surface area contributed by atoms with E-state index in [9.17, 15) is 4.79 Å². The van der Waals surface area contributed by atoms with E-state index in [1.54, 1.807) is 11.1 Å². The monoisotopic (exact) mass is 276 g/mol. The van der Waals surface area contributed by atoms with E-state index in [-0.39, 0.29) is 5.91 Å². The van der Waals surface area contributed by atoms with Gasteiger partial charge in [0.25, 0.3) is 0 Å². The average Bonchev–Trinajstić information content (AvgIpc) is 2.49. The second kappa shape index (κ2) is 7.36. The first-order chi connectivity index (χ1) is 9.69. The van der Waals surface area contributed by atoms with Gasteiger partial charge in [-0.25, -0.2) is 0 Å². The highest BCUT2D eigenvalue weighted by molar-refractivity contribution is 5.78. The molecule has 1 aliphatic heterocycles. The number of hydrogen-bond acceptors (Lipinski definition) is 4. The number of nitrogens with zero attached hydrogens (tertiary/aromatic N) is 4. The normalized spacial score (nSPS) is 17.1. The third-order valence-corrected chi connectivity index (χ3v) is 3.84. The molecule has 1 aliphatic rings. The van der Waals surface area contributed by atoms with Crippen molar-refractivity contribution in [1.82, 2.24) is 19.7 Å². The Bertz CT molecular complexity index is 415. The Hall–Kier alpha value is -1.46. The molecule has 1 aromatic heterocycles. The molecule has 0 saturated carbocycles. The highest BCUT2D eigenvalue weighted by Crippen LogP contribution is 2.04. The van der Waals surface area contributed by atoms with E-state index in [1.165, 1.54) is 0 Å². The summed E-state index contributed by atoms with van der Waals surface area (Å²) in [4.78, 5) is 22.7. The standard InChI is InChI=1S/C15H24N4O/c1-3-18-7-9-19(10-8-18)13-15(20)17(2)12-14-5-4-6-16-11-14/h4-6,11H,3,7-10,12-13H2,1-2H3. The maximum Gasteiger partial charge on any atom is 0.236 e. The van der Waals surface area contributed by atoms with E-state index in [0.717, 1.165) is 38.3 Å². The lowest BCUT2D eigenvalue weighted by molar-refractivity contribution is -0.132. The van der Waals surface area contributed by atoms with Gasteiger partial charge in [-0.05, 0) is 18.2 Å². The van der Waals surface area contributed by atoms with Crippen LogP contribution in [0.1, 0.15) is 12.5 Å². The molecule has 5 heteroatoms. The van der Waals surface area contributed by atoms with E-state index >= 15 is 0 Å². The molecule has 0 bridgehead atoms. The minimum absolute atomic E-state index is 0.179.